The predicted molar refractivity (Wildman–Crippen MR) is 85.4 cm³/mol. The summed E-state index contributed by atoms with van der Waals surface area (Å²) >= 11 is 6.69. The molecule has 7 heteroatoms. The van der Waals surface area contributed by atoms with Crippen LogP contribution in [0.2, 0.25) is 0 Å². The minimum Gasteiger partial charge on any atom is -0.480 e. The van der Waals surface area contributed by atoms with E-state index < -0.39 is 12.0 Å². The fraction of sp³-hybridized carbons (Fsp3) is 0.538. The van der Waals surface area contributed by atoms with Gasteiger partial charge >= 0.3 is 5.97 Å². The zero-order valence-corrected chi connectivity index (χ0v) is 14.1. The number of nitrogens with zero attached hydrogens (tertiary/aromatic N) is 1. The summed E-state index contributed by atoms with van der Waals surface area (Å²) in [7, 11) is 0. The topological polar surface area (TPSA) is 57.6 Å². The maximum Gasteiger partial charge on any atom is 0.327 e. The molecule has 2 heterocycles. The highest BCUT2D eigenvalue weighted by Crippen LogP contribution is 2.24. The van der Waals surface area contributed by atoms with E-state index in [0.717, 1.165) is 22.4 Å². The second-order valence-electron chi connectivity index (χ2n) is 4.58. The molecule has 110 valence electrons. The number of thiophene rings is 1. The Bertz CT molecular complexity index is 492. The van der Waals surface area contributed by atoms with Gasteiger partial charge in [0, 0.05) is 29.3 Å². The Morgan fingerprint density at radius 3 is 2.90 bits per heavy atom. The van der Waals surface area contributed by atoms with Crippen LogP contribution in [0.25, 0.3) is 0 Å². The van der Waals surface area contributed by atoms with E-state index in [1.54, 1.807) is 23.1 Å². The average molecular weight is 378 g/mol. The molecule has 0 radical (unpaired) electrons. The molecule has 1 aromatic heterocycles. The van der Waals surface area contributed by atoms with Crippen LogP contribution in [-0.4, -0.2) is 46.0 Å². The molecule has 1 aliphatic rings. The first kappa shape index (κ1) is 15.9. The van der Waals surface area contributed by atoms with E-state index in [9.17, 15) is 9.59 Å². The first-order valence-corrected chi connectivity index (χ1v) is 9.18. The molecule has 0 saturated carbocycles. The molecule has 2 rings (SSSR count). The molecule has 0 aliphatic carbocycles. The number of amides is 1. The number of carboxylic acid groups (broad SMARTS) is 1. The second-order valence-corrected chi connectivity index (χ2v) is 8.27. The molecule has 1 atom stereocenters. The summed E-state index contributed by atoms with van der Waals surface area (Å²) in [5.74, 6) is 0.396. The third-order valence-corrected chi connectivity index (χ3v) is 5.88. The summed E-state index contributed by atoms with van der Waals surface area (Å²) in [4.78, 5) is 26.1. The Morgan fingerprint density at radius 2 is 2.25 bits per heavy atom. The minimum absolute atomic E-state index is 0.0340. The van der Waals surface area contributed by atoms with E-state index in [2.05, 4.69) is 22.0 Å². The van der Waals surface area contributed by atoms with E-state index >= 15 is 0 Å². The number of carboxylic acids is 1. The number of aryl methyl sites for hydroxylation is 1. The highest BCUT2D eigenvalue weighted by Gasteiger charge is 2.31. The minimum atomic E-state index is -0.896. The molecule has 20 heavy (non-hydrogen) atoms. The molecule has 1 fully saturated rings. The van der Waals surface area contributed by atoms with Crippen molar-refractivity contribution in [1.82, 2.24) is 4.90 Å². The van der Waals surface area contributed by atoms with Gasteiger partial charge in [0.05, 0.1) is 3.79 Å². The highest BCUT2D eigenvalue weighted by atomic mass is 79.9. The molecule has 1 aliphatic heterocycles. The van der Waals surface area contributed by atoms with E-state index in [1.807, 2.05) is 6.07 Å². The molecule has 1 aromatic rings. The molecule has 0 bridgehead atoms. The molecule has 4 nitrogen and oxygen atoms in total. The van der Waals surface area contributed by atoms with Crippen LogP contribution in [0, 0.1) is 0 Å². The van der Waals surface area contributed by atoms with Gasteiger partial charge in [-0.3, -0.25) is 4.79 Å². The molecule has 1 N–H and O–H groups in total. The molecular weight excluding hydrogens is 362 g/mol. The van der Waals surface area contributed by atoms with Crippen molar-refractivity contribution in [3.8, 4) is 0 Å². The Labute approximate surface area is 134 Å². The van der Waals surface area contributed by atoms with Gasteiger partial charge in [-0.1, -0.05) is 0 Å². The quantitative estimate of drug-likeness (QED) is 0.856. The molecule has 1 amide bonds. The number of carbonyl (C=O) groups excluding carboxylic acids is 1. The smallest absolute Gasteiger partial charge is 0.327 e. The van der Waals surface area contributed by atoms with Crippen molar-refractivity contribution in [2.24, 2.45) is 0 Å². The van der Waals surface area contributed by atoms with Crippen molar-refractivity contribution < 1.29 is 14.7 Å². The second kappa shape index (κ2) is 7.47. The van der Waals surface area contributed by atoms with Crippen LogP contribution in [0.15, 0.2) is 15.9 Å². The normalized spacial score (nSPS) is 19.1. The van der Waals surface area contributed by atoms with Crippen molar-refractivity contribution in [1.29, 1.82) is 0 Å². The number of hydrogen-bond donors (Lipinski definition) is 1. The third-order valence-electron chi connectivity index (χ3n) is 3.18. The van der Waals surface area contributed by atoms with Gasteiger partial charge in [-0.05, 0) is 40.9 Å². The zero-order chi connectivity index (χ0) is 14.5. The molecule has 1 saturated heterocycles. The summed E-state index contributed by atoms with van der Waals surface area (Å²) in [6.07, 6.45) is 2.05. The van der Waals surface area contributed by atoms with E-state index in [0.29, 0.717) is 18.7 Å². The van der Waals surface area contributed by atoms with Gasteiger partial charge in [-0.15, -0.1) is 11.3 Å². The summed E-state index contributed by atoms with van der Waals surface area (Å²) in [6, 6.07) is 3.40. The fourth-order valence-electron chi connectivity index (χ4n) is 2.15. The fourth-order valence-corrected chi connectivity index (χ4v) is 4.71. The van der Waals surface area contributed by atoms with Crippen LogP contribution in [0.4, 0.5) is 0 Å². The summed E-state index contributed by atoms with van der Waals surface area (Å²) in [6.45, 7) is 0.547. The predicted octanol–water partition coefficient (Wildman–Crippen LogP) is 2.86. The molecule has 0 spiro atoms. The number of hydrogen-bond acceptors (Lipinski definition) is 4. The van der Waals surface area contributed by atoms with Crippen molar-refractivity contribution in [3.63, 3.8) is 0 Å². The number of halogens is 1. The maximum atomic E-state index is 12.2. The number of carbonyl (C=O) groups is 2. The van der Waals surface area contributed by atoms with Gasteiger partial charge in [-0.25, -0.2) is 4.79 Å². The van der Waals surface area contributed by atoms with Crippen LogP contribution in [-0.2, 0) is 16.0 Å². The Balaban J connectivity index is 1.82. The Hall–Kier alpha value is -0.530. The van der Waals surface area contributed by atoms with Crippen molar-refractivity contribution >= 4 is 50.9 Å². The van der Waals surface area contributed by atoms with Crippen LogP contribution in [0.5, 0.6) is 0 Å². The van der Waals surface area contributed by atoms with E-state index in [-0.39, 0.29) is 5.91 Å². The Morgan fingerprint density at radius 1 is 1.45 bits per heavy atom. The highest BCUT2D eigenvalue weighted by molar-refractivity contribution is 9.11. The van der Waals surface area contributed by atoms with Crippen molar-refractivity contribution in [2.45, 2.75) is 25.3 Å². The number of thioether (sulfide) groups is 1. The van der Waals surface area contributed by atoms with Crippen LogP contribution in [0.1, 0.15) is 17.7 Å². The molecular formula is C13H16BrNO3S2. The molecule has 1 unspecified atom stereocenters. The largest absolute Gasteiger partial charge is 0.480 e. The number of aliphatic carboxylic acids is 1. The summed E-state index contributed by atoms with van der Waals surface area (Å²) < 4.78 is 1.10. The first-order chi connectivity index (χ1) is 9.58. The summed E-state index contributed by atoms with van der Waals surface area (Å²) in [5, 5.41) is 9.15. The van der Waals surface area contributed by atoms with Crippen LogP contribution in [0.3, 0.4) is 0 Å². The third kappa shape index (κ3) is 4.23. The average Bonchev–Trinajstić information content (AvgIpc) is 2.84. The molecule has 0 aromatic carbocycles. The van der Waals surface area contributed by atoms with Crippen LogP contribution < -0.4 is 0 Å². The van der Waals surface area contributed by atoms with Gasteiger partial charge in [0.1, 0.15) is 6.04 Å². The summed E-state index contributed by atoms with van der Waals surface area (Å²) in [5.41, 5.74) is 0. The Kier molecular flexibility index (Phi) is 5.92. The maximum absolute atomic E-state index is 12.2. The van der Waals surface area contributed by atoms with Gasteiger partial charge in [-0.2, -0.15) is 11.8 Å². The van der Waals surface area contributed by atoms with Gasteiger partial charge in [0.25, 0.3) is 0 Å². The first-order valence-electron chi connectivity index (χ1n) is 6.42. The van der Waals surface area contributed by atoms with Crippen molar-refractivity contribution in [2.75, 3.05) is 18.1 Å². The van der Waals surface area contributed by atoms with Gasteiger partial charge in [0.2, 0.25) is 5.91 Å². The van der Waals surface area contributed by atoms with Gasteiger partial charge < -0.3 is 10.0 Å². The lowest BCUT2D eigenvalue weighted by Gasteiger charge is -2.32. The monoisotopic (exact) mass is 377 g/mol. The zero-order valence-electron chi connectivity index (χ0n) is 10.9. The van der Waals surface area contributed by atoms with E-state index in [1.165, 1.54) is 9.78 Å². The number of rotatable bonds is 5. The standard InChI is InChI=1S/C13H16BrNO3S2/c14-11-5-4-9(20-11)2-1-3-12(16)15-6-7-19-8-10(15)13(17)18/h4-5,10H,1-3,6-8H2,(H,17,18). The lowest BCUT2D eigenvalue weighted by Crippen LogP contribution is -2.50. The van der Waals surface area contributed by atoms with Crippen molar-refractivity contribution in [3.05, 3.63) is 20.8 Å². The van der Waals surface area contributed by atoms with Crippen LogP contribution >= 0.6 is 39.0 Å². The lowest BCUT2D eigenvalue weighted by atomic mass is 10.1. The SMILES string of the molecule is O=C(O)C1CSCCN1C(=O)CCCc1ccc(Br)s1. The lowest BCUT2D eigenvalue weighted by molar-refractivity contribution is -0.149. The van der Waals surface area contributed by atoms with Gasteiger partial charge in [0.15, 0.2) is 0 Å². The van der Waals surface area contributed by atoms with E-state index in [4.69, 9.17) is 5.11 Å².